The molecule has 152 valence electrons. The molecule has 0 unspecified atom stereocenters. The van der Waals surface area contributed by atoms with E-state index in [1.807, 2.05) is 10.9 Å². The van der Waals surface area contributed by atoms with E-state index in [0.717, 1.165) is 25.9 Å². The van der Waals surface area contributed by atoms with Gasteiger partial charge in [0.25, 0.3) is 0 Å². The van der Waals surface area contributed by atoms with Crippen LogP contribution in [-0.2, 0) is 0 Å². The van der Waals surface area contributed by atoms with E-state index >= 15 is 0 Å². The lowest BCUT2D eigenvalue weighted by atomic mass is 10.1. The van der Waals surface area contributed by atoms with Gasteiger partial charge in [-0.2, -0.15) is 15.1 Å². The summed E-state index contributed by atoms with van der Waals surface area (Å²) in [6, 6.07) is 10.6. The number of pyridine rings is 1. The van der Waals surface area contributed by atoms with Gasteiger partial charge in [0.15, 0.2) is 5.75 Å². The van der Waals surface area contributed by atoms with Crippen LogP contribution in [0.1, 0.15) is 18.9 Å². The van der Waals surface area contributed by atoms with Crippen LogP contribution in [0, 0.1) is 3.57 Å². The maximum absolute atomic E-state index is 10.1. The topological polar surface area (TPSA) is 89.2 Å². The number of hydrogen-bond donors (Lipinski definition) is 1. The lowest BCUT2D eigenvalue weighted by Crippen LogP contribution is -2.36. The molecule has 0 radical (unpaired) electrons. The second-order valence-corrected chi connectivity index (χ2v) is 8.44. The molecule has 1 saturated heterocycles. The molecule has 0 amide bonds. The Morgan fingerprint density at radius 3 is 2.83 bits per heavy atom. The molecule has 1 aromatic carbocycles. The van der Waals surface area contributed by atoms with Crippen molar-refractivity contribution in [2.24, 2.45) is 0 Å². The first kappa shape index (κ1) is 19.0. The molecular formula is C21H19IN6O2. The number of benzene rings is 1. The predicted octanol–water partition coefficient (Wildman–Crippen LogP) is 4.17. The Morgan fingerprint density at radius 1 is 1.10 bits per heavy atom. The first-order valence-electron chi connectivity index (χ1n) is 9.69. The second kappa shape index (κ2) is 8.05. The summed E-state index contributed by atoms with van der Waals surface area (Å²) in [4.78, 5) is 14.8. The zero-order valence-corrected chi connectivity index (χ0v) is 18.2. The molecule has 8 nitrogen and oxygen atoms in total. The molecule has 9 heteroatoms. The highest BCUT2D eigenvalue weighted by Crippen LogP contribution is 2.29. The van der Waals surface area contributed by atoms with Gasteiger partial charge in [0, 0.05) is 28.5 Å². The Morgan fingerprint density at radius 2 is 1.97 bits per heavy atom. The number of fused-ring (bicyclic) bond motifs is 1. The van der Waals surface area contributed by atoms with Gasteiger partial charge >= 0.3 is 6.01 Å². The summed E-state index contributed by atoms with van der Waals surface area (Å²) in [6.45, 7) is 1.93. The van der Waals surface area contributed by atoms with Crippen molar-refractivity contribution in [1.29, 1.82) is 0 Å². The molecule has 0 bridgehead atoms. The van der Waals surface area contributed by atoms with E-state index < -0.39 is 0 Å². The first-order valence-corrected chi connectivity index (χ1v) is 10.8. The highest BCUT2D eigenvalue weighted by molar-refractivity contribution is 14.1. The minimum absolute atomic E-state index is 0.0664. The van der Waals surface area contributed by atoms with Crippen LogP contribution in [0.25, 0.3) is 10.9 Å². The summed E-state index contributed by atoms with van der Waals surface area (Å²) < 4.78 is 8.93. The molecule has 4 heterocycles. The van der Waals surface area contributed by atoms with Crippen LogP contribution >= 0.6 is 22.6 Å². The Bertz CT molecular complexity index is 1180. The van der Waals surface area contributed by atoms with Crippen molar-refractivity contribution in [2.75, 3.05) is 18.0 Å². The minimum atomic E-state index is -0.134. The van der Waals surface area contributed by atoms with Gasteiger partial charge in [0.05, 0.1) is 35.5 Å². The summed E-state index contributed by atoms with van der Waals surface area (Å²) in [5, 5.41) is 15.1. The largest absolute Gasteiger partial charge is 0.493 e. The standard InChI is InChI=1S/C21H19IN6O2/c22-14-3-5-15(6-4-14)27-9-1-2-16(12-27)28-13-17(10-24-28)30-21-25-19-11-23-8-7-18(19)20(29)26-21/h3-8,10-11,13,16H,1-2,9,12H2,(H,25,26,29)/t16-/m0/s1. The molecule has 1 aliphatic rings. The van der Waals surface area contributed by atoms with Crippen LogP contribution in [0.4, 0.5) is 5.69 Å². The number of ether oxygens (including phenoxy) is 1. The summed E-state index contributed by atoms with van der Waals surface area (Å²) in [7, 11) is 0. The van der Waals surface area contributed by atoms with E-state index in [2.05, 4.69) is 71.8 Å². The lowest BCUT2D eigenvalue weighted by molar-refractivity contribution is 0.373. The van der Waals surface area contributed by atoms with Crippen LogP contribution < -0.4 is 9.64 Å². The van der Waals surface area contributed by atoms with E-state index in [-0.39, 0.29) is 17.9 Å². The fourth-order valence-corrected chi connectivity index (χ4v) is 4.08. The summed E-state index contributed by atoms with van der Waals surface area (Å²) in [5.41, 5.74) is 1.75. The maximum atomic E-state index is 10.1. The molecule has 0 saturated carbocycles. The monoisotopic (exact) mass is 514 g/mol. The van der Waals surface area contributed by atoms with Crippen molar-refractivity contribution < 1.29 is 9.84 Å². The molecule has 1 aliphatic heterocycles. The third-order valence-electron chi connectivity index (χ3n) is 5.21. The van der Waals surface area contributed by atoms with Crippen LogP contribution in [0.15, 0.2) is 55.1 Å². The van der Waals surface area contributed by atoms with Crippen molar-refractivity contribution in [3.63, 3.8) is 0 Å². The van der Waals surface area contributed by atoms with Gasteiger partial charge in [0.2, 0.25) is 5.88 Å². The van der Waals surface area contributed by atoms with Crippen LogP contribution in [-0.4, -0.2) is 42.9 Å². The first-order chi connectivity index (χ1) is 14.7. The molecule has 4 aromatic rings. The van der Waals surface area contributed by atoms with E-state index in [9.17, 15) is 5.11 Å². The number of nitrogens with zero attached hydrogens (tertiary/aromatic N) is 6. The number of aromatic nitrogens is 5. The van der Waals surface area contributed by atoms with E-state index in [1.54, 1.807) is 24.7 Å². The fraction of sp³-hybridized carbons (Fsp3) is 0.238. The average Bonchev–Trinajstić information content (AvgIpc) is 3.23. The average molecular weight is 514 g/mol. The van der Waals surface area contributed by atoms with Crippen molar-refractivity contribution in [3.05, 3.63) is 58.7 Å². The summed E-state index contributed by atoms with van der Waals surface area (Å²) in [6.07, 6.45) is 8.81. The summed E-state index contributed by atoms with van der Waals surface area (Å²) >= 11 is 2.32. The maximum Gasteiger partial charge on any atom is 0.326 e. The second-order valence-electron chi connectivity index (χ2n) is 7.20. The number of piperidine rings is 1. The third kappa shape index (κ3) is 3.89. The minimum Gasteiger partial charge on any atom is -0.493 e. The molecular weight excluding hydrogens is 495 g/mol. The Hall–Kier alpha value is -2.95. The molecule has 1 N–H and O–H groups in total. The van der Waals surface area contributed by atoms with Crippen molar-refractivity contribution in [1.82, 2.24) is 24.7 Å². The number of anilines is 1. The molecule has 0 aliphatic carbocycles. The molecule has 1 fully saturated rings. The molecule has 30 heavy (non-hydrogen) atoms. The number of hydrogen-bond acceptors (Lipinski definition) is 7. The molecule has 3 aromatic heterocycles. The molecule has 1 atom stereocenters. The van der Waals surface area contributed by atoms with Gasteiger partial charge < -0.3 is 14.7 Å². The fourth-order valence-electron chi connectivity index (χ4n) is 3.72. The van der Waals surface area contributed by atoms with Gasteiger partial charge in [-0.25, -0.2) is 0 Å². The molecule has 0 spiro atoms. The number of aromatic hydroxyl groups is 1. The van der Waals surface area contributed by atoms with Gasteiger partial charge in [0.1, 0.15) is 0 Å². The van der Waals surface area contributed by atoms with Gasteiger partial charge in [-0.15, -0.1) is 0 Å². The van der Waals surface area contributed by atoms with Crippen molar-refractivity contribution in [2.45, 2.75) is 18.9 Å². The van der Waals surface area contributed by atoms with Crippen LogP contribution in [0.2, 0.25) is 0 Å². The Balaban J connectivity index is 1.32. The summed E-state index contributed by atoms with van der Waals surface area (Å²) in [5.74, 6) is 0.397. The number of rotatable bonds is 4. The highest BCUT2D eigenvalue weighted by Gasteiger charge is 2.22. The van der Waals surface area contributed by atoms with Crippen LogP contribution in [0.3, 0.4) is 0 Å². The van der Waals surface area contributed by atoms with Crippen LogP contribution in [0.5, 0.6) is 17.6 Å². The third-order valence-corrected chi connectivity index (χ3v) is 5.93. The zero-order chi connectivity index (χ0) is 20.5. The smallest absolute Gasteiger partial charge is 0.326 e. The molecule has 5 rings (SSSR count). The SMILES string of the molecule is Oc1nc(Oc2cnn([C@H]3CCCN(c4ccc(I)cc4)C3)c2)nc2cnccc12. The predicted molar refractivity (Wildman–Crippen MR) is 121 cm³/mol. The quantitative estimate of drug-likeness (QED) is 0.409. The lowest BCUT2D eigenvalue weighted by Gasteiger charge is -2.34. The Labute approximate surface area is 186 Å². The van der Waals surface area contributed by atoms with Crippen molar-refractivity contribution in [3.8, 4) is 17.6 Å². The normalized spacial score (nSPS) is 16.7. The van der Waals surface area contributed by atoms with Gasteiger partial charge in [-0.3, -0.25) is 9.67 Å². The zero-order valence-electron chi connectivity index (χ0n) is 16.0. The van der Waals surface area contributed by atoms with Gasteiger partial charge in [-0.05, 0) is 65.8 Å². The van der Waals surface area contributed by atoms with E-state index in [4.69, 9.17) is 4.74 Å². The van der Waals surface area contributed by atoms with Crippen molar-refractivity contribution >= 4 is 39.2 Å². The van der Waals surface area contributed by atoms with Gasteiger partial charge in [-0.1, -0.05) is 0 Å². The van der Waals surface area contributed by atoms with E-state index in [0.29, 0.717) is 16.7 Å². The number of halogens is 1. The van der Waals surface area contributed by atoms with E-state index in [1.165, 1.54) is 9.26 Å². The highest BCUT2D eigenvalue weighted by atomic mass is 127. The Kier molecular flexibility index (Phi) is 5.11.